The molecule has 2 aromatic carbocycles. The maximum atomic E-state index is 13.5. The van der Waals surface area contributed by atoms with E-state index in [1.54, 1.807) is 4.57 Å². The highest BCUT2D eigenvalue weighted by Gasteiger charge is 2.19. The first kappa shape index (κ1) is 20.3. The summed E-state index contributed by atoms with van der Waals surface area (Å²) in [6.45, 7) is 4.50. The molecule has 0 amide bonds. The molecule has 0 N–H and O–H groups in total. The Bertz CT molecular complexity index is 1290. The van der Waals surface area contributed by atoms with Crippen LogP contribution in [0.5, 0.6) is 0 Å². The van der Waals surface area contributed by atoms with Crippen LogP contribution in [0.2, 0.25) is 0 Å². The molecule has 0 saturated heterocycles. The smallest absolute Gasteiger partial charge is 0.305 e. The first-order chi connectivity index (χ1) is 14.5. The summed E-state index contributed by atoms with van der Waals surface area (Å²) in [7, 11) is 1.38. The SMILES string of the molecule is COC(=O)CCCn1c(C(C)C)nc2scc(-c3ccc4ccccc4c3)c2c1=O. The molecule has 4 rings (SSSR count). The van der Waals surface area contributed by atoms with Crippen molar-refractivity contribution in [3.63, 3.8) is 0 Å². The predicted octanol–water partition coefficient (Wildman–Crippen LogP) is 5.35. The molecular weight excluding hydrogens is 396 g/mol. The molecule has 0 aliphatic rings. The number of rotatable bonds is 6. The monoisotopic (exact) mass is 420 g/mol. The molecular formula is C24H24N2O3S. The molecule has 0 atom stereocenters. The summed E-state index contributed by atoms with van der Waals surface area (Å²) in [5.74, 6) is 0.589. The second kappa shape index (κ2) is 8.40. The van der Waals surface area contributed by atoms with Gasteiger partial charge in [0.1, 0.15) is 10.7 Å². The van der Waals surface area contributed by atoms with Crippen LogP contribution >= 0.6 is 11.3 Å². The van der Waals surface area contributed by atoms with Gasteiger partial charge in [0.05, 0.1) is 12.5 Å². The predicted molar refractivity (Wildman–Crippen MR) is 122 cm³/mol. The maximum absolute atomic E-state index is 13.5. The Morgan fingerprint density at radius 3 is 2.67 bits per heavy atom. The minimum absolute atomic E-state index is 0.0435. The number of hydrogen-bond donors (Lipinski definition) is 0. The fourth-order valence-corrected chi connectivity index (χ4v) is 4.69. The molecule has 2 heterocycles. The number of aromatic nitrogens is 2. The van der Waals surface area contributed by atoms with Crippen LogP contribution in [0.4, 0.5) is 0 Å². The molecule has 154 valence electrons. The normalized spacial score (nSPS) is 11.5. The molecule has 0 aliphatic heterocycles. The first-order valence-electron chi connectivity index (χ1n) is 10.1. The number of thiophene rings is 1. The Morgan fingerprint density at radius 1 is 1.17 bits per heavy atom. The van der Waals surface area contributed by atoms with E-state index in [0.717, 1.165) is 27.2 Å². The number of carbonyl (C=O) groups excluding carboxylic acids is 1. The molecule has 4 aromatic rings. The summed E-state index contributed by atoms with van der Waals surface area (Å²) >= 11 is 1.50. The van der Waals surface area contributed by atoms with Gasteiger partial charge < -0.3 is 4.74 Å². The fraction of sp³-hybridized carbons (Fsp3) is 0.292. The fourth-order valence-electron chi connectivity index (χ4n) is 3.75. The zero-order valence-corrected chi connectivity index (χ0v) is 18.2. The maximum Gasteiger partial charge on any atom is 0.305 e. The molecule has 6 heteroatoms. The Hall–Kier alpha value is -2.99. The van der Waals surface area contributed by atoms with E-state index >= 15 is 0 Å². The summed E-state index contributed by atoms with van der Waals surface area (Å²) in [4.78, 5) is 30.6. The van der Waals surface area contributed by atoms with Crippen LogP contribution in [0, 0.1) is 0 Å². The Morgan fingerprint density at radius 2 is 1.93 bits per heavy atom. The van der Waals surface area contributed by atoms with Crippen molar-refractivity contribution in [3.8, 4) is 11.1 Å². The van der Waals surface area contributed by atoms with Gasteiger partial charge in [-0.1, -0.05) is 50.2 Å². The summed E-state index contributed by atoms with van der Waals surface area (Å²) in [5.41, 5.74) is 1.88. The Labute approximate surface area is 178 Å². The van der Waals surface area contributed by atoms with Gasteiger partial charge in [0.15, 0.2) is 0 Å². The lowest BCUT2D eigenvalue weighted by molar-refractivity contribution is -0.140. The highest BCUT2D eigenvalue weighted by molar-refractivity contribution is 7.17. The van der Waals surface area contributed by atoms with E-state index in [-0.39, 0.29) is 23.9 Å². The highest BCUT2D eigenvalue weighted by Crippen LogP contribution is 2.33. The van der Waals surface area contributed by atoms with Crippen molar-refractivity contribution in [2.75, 3.05) is 7.11 Å². The van der Waals surface area contributed by atoms with E-state index in [4.69, 9.17) is 9.72 Å². The lowest BCUT2D eigenvalue weighted by atomic mass is 10.0. The van der Waals surface area contributed by atoms with Crippen LogP contribution in [0.25, 0.3) is 32.1 Å². The van der Waals surface area contributed by atoms with E-state index in [9.17, 15) is 9.59 Å². The largest absolute Gasteiger partial charge is 0.469 e. The second-order valence-electron chi connectivity index (χ2n) is 7.65. The van der Waals surface area contributed by atoms with Gasteiger partial charge in [-0.05, 0) is 28.8 Å². The first-order valence-corrected chi connectivity index (χ1v) is 11.0. The van der Waals surface area contributed by atoms with Crippen molar-refractivity contribution >= 4 is 38.3 Å². The van der Waals surface area contributed by atoms with Crippen molar-refractivity contribution < 1.29 is 9.53 Å². The number of nitrogens with zero attached hydrogens (tertiary/aromatic N) is 2. The summed E-state index contributed by atoms with van der Waals surface area (Å²) in [5, 5.41) is 4.98. The summed E-state index contributed by atoms with van der Waals surface area (Å²) in [6, 6.07) is 14.5. The van der Waals surface area contributed by atoms with Crippen LogP contribution in [-0.2, 0) is 16.1 Å². The van der Waals surface area contributed by atoms with Gasteiger partial charge in [-0.3, -0.25) is 14.2 Å². The average molecular weight is 421 g/mol. The van der Waals surface area contributed by atoms with Crippen LogP contribution < -0.4 is 5.56 Å². The molecule has 0 unspecified atom stereocenters. The lowest BCUT2D eigenvalue weighted by Gasteiger charge is -2.15. The standard InChI is InChI=1S/C24H24N2O3S/c1-15(2)22-25-23-21(24(28)26(22)12-6-9-20(27)29-3)19(14-30-23)18-11-10-16-7-4-5-8-17(16)13-18/h4-5,7-8,10-11,13-15H,6,9,12H2,1-3H3. The molecule has 0 radical (unpaired) electrons. The van der Waals surface area contributed by atoms with E-state index in [0.29, 0.717) is 18.4 Å². The molecule has 2 aromatic heterocycles. The van der Waals surface area contributed by atoms with Crippen molar-refractivity contribution in [1.82, 2.24) is 9.55 Å². The molecule has 5 nitrogen and oxygen atoms in total. The van der Waals surface area contributed by atoms with Crippen LogP contribution in [0.15, 0.2) is 52.6 Å². The van der Waals surface area contributed by atoms with Crippen LogP contribution in [-0.4, -0.2) is 22.6 Å². The zero-order chi connectivity index (χ0) is 21.3. The van der Waals surface area contributed by atoms with Gasteiger partial charge in [-0.2, -0.15) is 0 Å². The van der Waals surface area contributed by atoms with Gasteiger partial charge in [0, 0.05) is 29.8 Å². The number of benzene rings is 2. The Balaban J connectivity index is 1.83. The number of carbonyl (C=O) groups is 1. The van der Waals surface area contributed by atoms with Crippen molar-refractivity contribution in [2.24, 2.45) is 0 Å². The third-order valence-corrected chi connectivity index (χ3v) is 6.16. The van der Waals surface area contributed by atoms with Crippen molar-refractivity contribution in [3.05, 3.63) is 64.0 Å². The minimum Gasteiger partial charge on any atom is -0.469 e. The van der Waals surface area contributed by atoms with Gasteiger partial charge in [0.25, 0.3) is 5.56 Å². The van der Waals surface area contributed by atoms with Gasteiger partial charge in [-0.25, -0.2) is 4.98 Å². The third-order valence-electron chi connectivity index (χ3n) is 5.29. The van der Waals surface area contributed by atoms with Gasteiger partial charge in [-0.15, -0.1) is 11.3 Å². The average Bonchev–Trinajstić information content (AvgIpc) is 3.18. The lowest BCUT2D eigenvalue weighted by Crippen LogP contribution is -2.26. The van der Waals surface area contributed by atoms with E-state index in [1.165, 1.54) is 23.8 Å². The molecule has 0 spiro atoms. The van der Waals surface area contributed by atoms with Crippen molar-refractivity contribution in [1.29, 1.82) is 0 Å². The minimum atomic E-state index is -0.268. The van der Waals surface area contributed by atoms with Crippen LogP contribution in [0.1, 0.15) is 38.4 Å². The van der Waals surface area contributed by atoms with E-state index < -0.39 is 0 Å². The van der Waals surface area contributed by atoms with E-state index in [2.05, 4.69) is 30.3 Å². The zero-order valence-electron chi connectivity index (χ0n) is 17.3. The van der Waals surface area contributed by atoms with Gasteiger partial charge in [0.2, 0.25) is 0 Å². The van der Waals surface area contributed by atoms with Crippen molar-refractivity contribution in [2.45, 2.75) is 39.2 Å². The third kappa shape index (κ3) is 3.75. The highest BCUT2D eigenvalue weighted by atomic mass is 32.1. The molecule has 0 aliphatic carbocycles. The molecule has 30 heavy (non-hydrogen) atoms. The van der Waals surface area contributed by atoms with Crippen LogP contribution in [0.3, 0.4) is 0 Å². The molecule has 0 saturated carbocycles. The van der Waals surface area contributed by atoms with E-state index in [1.807, 2.05) is 31.4 Å². The Kier molecular flexibility index (Phi) is 5.68. The number of fused-ring (bicyclic) bond motifs is 2. The second-order valence-corrected chi connectivity index (χ2v) is 8.51. The molecule has 0 fully saturated rings. The topological polar surface area (TPSA) is 61.2 Å². The number of ether oxygens (including phenoxy) is 1. The number of methoxy groups -OCH3 is 1. The molecule has 0 bridgehead atoms. The number of hydrogen-bond acceptors (Lipinski definition) is 5. The number of esters is 1. The quantitative estimate of drug-likeness (QED) is 0.394. The van der Waals surface area contributed by atoms with Gasteiger partial charge >= 0.3 is 5.97 Å². The summed E-state index contributed by atoms with van der Waals surface area (Å²) < 4.78 is 6.46. The summed E-state index contributed by atoms with van der Waals surface area (Å²) in [6.07, 6.45) is 0.814.